The molecule has 0 aliphatic carbocycles. The third-order valence-electron chi connectivity index (χ3n) is 4.60. The summed E-state index contributed by atoms with van der Waals surface area (Å²) < 4.78 is 5.48. The van der Waals surface area contributed by atoms with Gasteiger partial charge in [-0.3, -0.25) is 0 Å². The van der Waals surface area contributed by atoms with Gasteiger partial charge >= 0.3 is 0 Å². The number of aromatic hydroxyl groups is 1. The van der Waals surface area contributed by atoms with E-state index >= 15 is 0 Å². The zero-order chi connectivity index (χ0) is 16.5. The van der Waals surface area contributed by atoms with Crippen LogP contribution in [0.25, 0.3) is 11.3 Å². The van der Waals surface area contributed by atoms with E-state index in [1.165, 1.54) is 0 Å². The summed E-state index contributed by atoms with van der Waals surface area (Å²) in [5.41, 5.74) is 2.84. The van der Waals surface area contributed by atoms with Crippen molar-refractivity contribution in [3.05, 3.63) is 23.4 Å². The first-order chi connectivity index (χ1) is 11.7. The highest BCUT2D eigenvalue weighted by Crippen LogP contribution is 2.40. The molecule has 4 rings (SSSR count). The summed E-state index contributed by atoms with van der Waals surface area (Å²) in [4.78, 5) is 4.52. The maximum absolute atomic E-state index is 10.5. The SMILES string of the molecule is Cc1nc(N[C@@H]2CCCNC2)nnc1-c1ccc2c(c1O)CCO2. The summed E-state index contributed by atoms with van der Waals surface area (Å²) in [5.74, 6) is 1.51. The normalized spacial score (nSPS) is 19.6. The number of ether oxygens (including phenoxy) is 1. The lowest BCUT2D eigenvalue weighted by atomic mass is 10.0. The van der Waals surface area contributed by atoms with Crippen molar-refractivity contribution in [1.29, 1.82) is 0 Å². The number of hydrogen-bond donors (Lipinski definition) is 3. The average molecular weight is 327 g/mol. The standard InChI is InChI=1S/C17H21N5O2/c1-10-15(13-4-5-14-12(16(13)23)6-8-24-14)21-22-17(19-10)20-11-3-2-7-18-9-11/h4-5,11,18,23H,2-3,6-9H2,1H3,(H,19,20,22)/t11-/m1/s1. The van der Waals surface area contributed by atoms with Crippen LogP contribution in [-0.4, -0.2) is 46.0 Å². The molecule has 24 heavy (non-hydrogen) atoms. The average Bonchev–Trinajstić information content (AvgIpc) is 3.07. The van der Waals surface area contributed by atoms with E-state index in [4.69, 9.17) is 4.74 Å². The molecule has 2 aliphatic rings. The van der Waals surface area contributed by atoms with Gasteiger partial charge in [-0.2, -0.15) is 0 Å². The third-order valence-corrected chi connectivity index (χ3v) is 4.60. The van der Waals surface area contributed by atoms with Gasteiger partial charge < -0.3 is 20.5 Å². The molecule has 1 fully saturated rings. The number of nitrogens with zero attached hydrogens (tertiary/aromatic N) is 3. The molecule has 0 spiro atoms. The number of nitrogens with one attached hydrogen (secondary N) is 2. The Morgan fingerprint density at radius 1 is 1.33 bits per heavy atom. The summed E-state index contributed by atoms with van der Waals surface area (Å²) in [7, 11) is 0. The highest BCUT2D eigenvalue weighted by atomic mass is 16.5. The van der Waals surface area contributed by atoms with Crippen molar-refractivity contribution in [3.63, 3.8) is 0 Å². The second-order valence-corrected chi connectivity index (χ2v) is 6.29. The monoisotopic (exact) mass is 327 g/mol. The molecule has 1 atom stereocenters. The summed E-state index contributed by atoms with van der Waals surface area (Å²) in [5, 5.41) is 25.7. The predicted molar refractivity (Wildman–Crippen MR) is 90.4 cm³/mol. The smallest absolute Gasteiger partial charge is 0.243 e. The van der Waals surface area contributed by atoms with Crippen molar-refractivity contribution < 1.29 is 9.84 Å². The maximum Gasteiger partial charge on any atom is 0.243 e. The van der Waals surface area contributed by atoms with Crippen molar-refractivity contribution in [3.8, 4) is 22.8 Å². The Kier molecular flexibility index (Phi) is 3.93. The van der Waals surface area contributed by atoms with Gasteiger partial charge in [0.25, 0.3) is 0 Å². The van der Waals surface area contributed by atoms with Gasteiger partial charge in [-0.25, -0.2) is 4.98 Å². The van der Waals surface area contributed by atoms with Crippen LogP contribution in [0.15, 0.2) is 12.1 Å². The lowest BCUT2D eigenvalue weighted by Crippen LogP contribution is -2.38. The molecule has 1 saturated heterocycles. The molecule has 126 valence electrons. The maximum atomic E-state index is 10.5. The van der Waals surface area contributed by atoms with E-state index in [0.717, 1.165) is 42.9 Å². The molecule has 2 aliphatic heterocycles. The molecule has 3 N–H and O–H groups in total. The molecule has 1 aromatic carbocycles. The highest BCUT2D eigenvalue weighted by molar-refractivity contribution is 5.72. The summed E-state index contributed by atoms with van der Waals surface area (Å²) in [6.45, 7) is 4.47. The van der Waals surface area contributed by atoms with Crippen LogP contribution in [0.2, 0.25) is 0 Å². The number of fused-ring (bicyclic) bond motifs is 1. The van der Waals surface area contributed by atoms with E-state index in [-0.39, 0.29) is 5.75 Å². The van der Waals surface area contributed by atoms with E-state index in [1.807, 2.05) is 19.1 Å². The molecular formula is C17H21N5O2. The van der Waals surface area contributed by atoms with Gasteiger partial charge in [-0.1, -0.05) is 0 Å². The number of phenolic OH excluding ortho intramolecular Hbond substituents is 1. The van der Waals surface area contributed by atoms with Gasteiger partial charge in [0.15, 0.2) is 0 Å². The molecular weight excluding hydrogens is 306 g/mol. The fourth-order valence-electron chi connectivity index (χ4n) is 3.32. The van der Waals surface area contributed by atoms with Gasteiger partial charge in [0.2, 0.25) is 5.95 Å². The zero-order valence-corrected chi connectivity index (χ0v) is 13.7. The Bertz CT molecular complexity index is 759. The summed E-state index contributed by atoms with van der Waals surface area (Å²) in [6.07, 6.45) is 2.96. The number of aromatic nitrogens is 3. The molecule has 0 amide bonds. The molecule has 1 aromatic heterocycles. The number of benzene rings is 1. The minimum absolute atomic E-state index is 0.224. The van der Waals surface area contributed by atoms with E-state index in [9.17, 15) is 5.11 Å². The second kappa shape index (κ2) is 6.24. The Hall–Kier alpha value is -2.41. The van der Waals surface area contributed by atoms with Gasteiger partial charge in [-0.05, 0) is 38.4 Å². The number of phenols is 1. The number of rotatable bonds is 3. The molecule has 7 heteroatoms. The molecule has 3 heterocycles. The van der Waals surface area contributed by atoms with Crippen molar-refractivity contribution in [1.82, 2.24) is 20.5 Å². The van der Waals surface area contributed by atoms with Crippen LogP contribution in [0.3, 0.4) is 0 Å². The molecule has 0 bridgehead atoms. The van der Waals surface area contributed by atoms with Crippen molar-refractivity contribution in [2.24, 2.45) is 0 Å². The fraction of sp³-hybridized carbons (Fsp3) is 0.471. The Morgan fingerprint density at radius 3 is 3.04 bits per heavy atom. The van der Waals surface area contributed by atoms with Crippen molar-refractivity contribution in [2.75, 3.05) is 25.0 Å². The van der Waals surface area contributed by atoms with E-state index in [2.05, 4.69) is 25.8 Å². The van der Waals surface area contributed by atoms with Crippen molar-refractivity contribution in [2.45, 2.75) is 32.2 Å². The Morgan fingerprint density at radius 2 is 2.25 bits per heavy atom. The first-order valence-corrected chi connectivity index (χ1v) is 8.39. The third kappa shape index (κ3) is 2.75. The molecule has 7 nitrogen and oxygen atoms in total. The Balaban J connectivity index is 1.60. The largest absolute Gasteiger partial charge is 0.507 e. The summed E-state index contributed by atoms with van der Waals surface area (Å²) in [6, 6.07) is 4.02. The molecule has 2 aromatic rings. The van der Waals surface area contributed by atoms with Gasteiger partial charge in [0.05, 0.1) is 12.3 Å². The highest BCUT2D eigenvalue weighted by Gasteiger charge is 2.22. The van der Waals surface area contributed by atoms with Crippen molar-refractivity contribution >= 4 is 5.95 Å². The first-order valence-electron chi connectivity index (χ1n) is 8.39. The van der Waals surface area contributed by atoms with Crippen LogP contribution < -0.4 is 15.4 Å². The van der Waals surface area contributed by atoms with Crippen LogP contribution in [0.5, 0.6) is 11.5 Å². The zero-order valence-electron chi connectivity index (χ0n) is 13.7. The van der Waals surface area contributed by atoms with Crippen LogP contribution in [-0.2, 0) is 6.42 Å². The lowest BCUT2D eigenvalue weighted by Gasteiger charge is -2.23. The Labute approximate surface area is 140 Å². The van der Waals surface area contributed by atoms with Crippen LogP contribution in [0.4, 0.5) is 5.95 Å². The summed E-state index contributed by atoms with van der Waals surface area (Å²) >= 11 is 0. The number of piperidine rings is 1. The number of anilines is 1. The van der Waals surface area contributed by atoms with Crippen LogP contribution in [0, 0.1) is 6.92 Å². The number of aryl methyl sites for hydroxylation is 1. The minimum Gasteiger partial charge on any atom is -0.507 e. The van der Waals surface area contributed by atoms with Gasteiger partial charge in [0, 0.05) is 30.1 Å². The van der Waals surface area contributed by atoms with Crippen LogP contribution >= 0.6 is 0 Å². The van der Waals surface area contributed by atoms with E-state index in [1.54, 1.807) is 0 Å². The minimum atomic E-state index is 0.224. The predicted octanol–water partition coefficient (Wildman–Crippen LogP) is 1.65. The van der Waals surface area contributed by atoms with E-state index in [0.29, 0.717) is 36.3 Å². The quantitative estimate of drug-likeness (QED) is 0.789. The van der Waals surface area contributed by atoms with Crippen LogP contribution in [0.1, 0.15) is 24.1 Å². The fourth-order valence-corrected chi connectivity index (χ4v) is 3.32. The van der Waals surface area contributed by atoms with Gasteiger partial charge in [0.1, 0.15) is 17.2 Å². The van der Waals surface area contributed by atoms with E-state index < -0.39 is 0 Å². The molecule has 0 radical (unpaired) electrons. The lowest BCUT2D eigenvalue weighted by molar-refractivity contribution is 0.357. The molecule has 0 unspecified atom stereocenters. The second-order valence-electron chi connectivity index (χ2n) is 6.29. The first kappa shape index (κ1) is 15.1. The van der Waals surface area contributed by atoms with Gasteiger partial charge in [-0.15, -0.1) is 10.2 Å². The molecule has 0 saturated carbocycles. The number of hydrogen-bond acceptors (Lipinski definition) is 7. The topological polar surface area (TPSA) is 92.2 Å².